The van der Waals surface area contributed by atoms with Crippen LogP contribution in [0.25, 0.3) is 5.69 Å². The molecule has 1 heterocycles. The van der Waals surface area contributed by atoms with Gasteiger partial charge in [-0.05, 0) is 55.5 Å². The van der Waals surface area contributed by atoms with Crippen LogP contribution in [0.2, 0.25) is 5.02 Å². The fraction of sp³-hybridized carbons (Fsp3) is 0.105. The number of hydrogen-bond acceptors (Lipinski definition) is 3. The van der Waals surface area contributed by atoms with E-state index in [4.69, 9.17) is 11.6 Å². The highest BCUT2D eigenvalue weighted by Gasteiger charge is 2.15. The minimum absolute atomic E-state index is 0.146. The van der Waals surface area contributed by atoms with Crippen LogP contribution in [0, 0.1) is 6.92 Å². The van der Waals surface area contributed by atoms with Gasteiger partial charge in [0.2, 0.25) is 5.91 Å². The molecule has 0 bridgehead atoms. The van der Waals surface area contributed by atoms with E-state index in [0.717, 1.165) is 11.4 Å². The number of rotatable bonds is 4. The zero-order valence-electron chi connectivity index (χ0n) is 14.3. The molecule has 2 N–H and O–H groups in total. The number of carbonyl (C=O) groups is 2. The van der Waals surface area contributed by atoms with Crippen LogP contribution in [-0.4, -0.2) is 21.6 Å². The van der Waals surface area contributed by atoms with Gasteiger partial charge in [0, 0.05) is 23.3 Å². The molecule has 3 aromatic rings. The third-order valence-corrected chi connectivity index (χ3v) is 4.04. The lowest BCUT2D eigenvalue weighted by molar-refractivity contribution is -0.114. The molecule has 0 saturated heterocycles. The van der Waals surface area contributed by atoms with E-state index in [1.165, 1.54) is 13.1 Å². The second-order valence-electron chi connectivity index (χ2n) is 5.74. The molecule has 0 radical (unpaired) electrons. The maximum absolute atomic E-state index is 12.5. The van der Waals surface area contributed by atoms with Gasteiger partial charge in [-0.1, -0.05) is 11.6 Å². The van der Waals surface area contributed by atoms with Crippen molar-refractivity contribution in [3.8, 4) is 5.69 Å². The summed E-state index contributed by atoms with van der Waals surface area (Å²) < 4.78 is 1.69. The third-order valence-electron chi connectivity index (χ3n) is 3.79. The van der Waals surface area contributed by atoms with Crippen LogP contribution in [0.4, 0.5) is 11.4 Å². The molecule has 0 fully saturated rings. The first kappa shape index (κ1) is 17.7. The summed E-state index contributed by atoms with van der Waals surface area (Å²) in [5.74, 6) is -0.401. The van der Waals surface area contributed by atoms with Gasteiger partial charge in [-0.3, -0.25) is 9.59 Å². The molecule has 0 aliphatic carbocycles. The van der Waals surface area contributed by atoms with Crippen molar-refractivity contribution in [3.63, 3.8) is 0 Å². The molecule has 1 aromatic heterocycles. The molecule has 6 nitrogen and oxygen atoms in total. The molecule has 132 valence electrons. The van der Waals surface area contributed by atoms with Crippen molar-refractivity contribution >= 4 is 34.8 Å². The first-order valence-electron chi connectivity index (χ1n) is 7.93. The standard InChI is InChI=1S/C19H17ClN4O2/c1-12-18(11-21-24(12)17-9-3-14(20)4-10-17)19(26)23-16-7-5-15(6-8-16)22-13(2)25/h3-11H,1-2H3,(H,22,25)(H,23,26). The quantitative estimate of drug-likeness (QED) is 0.729. The van der Waals surface area contributed by atoms with Gasteiger partial charge < -0.3 is 10.6 Å². The molecule has 0 aliphatic heterocycles. The first-order chi connectivity index (χ1) is 12.4. The number of hydrogen-bond donors (Lipinski definition) is 2. The topological polar surface area (TPSA) is 76.0 Å². The van der Waals surface area contributed by atoms with Gasteiger partial charge in [-0.15, -0.1) is 0 Å². The lowest BCUT2D eigenvalue weighted by atomic mass is 10.2. The molecular formula is C19H17ClN4O2. The largest absolute Gasteiger partial charge is 0.326 e. The average Bonchev–Trinajstić information content (AvgIpc) is 2.98. The predicted molar refractivity (Wildman–Crippen MR) is 102 cm³/mol. The Balaban J connectivity index is 1.76. The Morgan fingerprint density at radius 3 is 2.12 bits per heavy atom. The van der Waals surface area contributed by atoms with Crippen molar-refractivity contribution in [2.45, 2.75) is 13.8 Å². The molecule has 26 heavy (non-hydrogen) atoms. The van der Waals surface area contributed by atoms with Gasteiger partial charge in [0.1, 0.15) is 0 Å². The maximum Gasteiger partial charge on any atom is 0.259 e. The Hall–Kier alpha value is -3.12. The summed E-state index contributed by atoms with van der Waals surface area (Å²) in [7, 11) is 0. The average molecular weight is 369 g/mol. The SMILES string of the molecule is CC(=O)Nc1ccc(NC(=O)c2cnn(-c3ccc(Cl)cc3)c2C)cc1. The fourth-order valence-electron chi connectivity index (χ4n) is 2.51. The number of nitrogens with one attached hydrogen (secondary N) is 2. The molecule has 0 spiro atoms. The molecule has 3 rings (SSSR count). The van der Waals surface area contributed by atoms with Gasteiger partial charge in [0.05, 0.1) is 23.1 Å². The molecule has 7 heteroatoms. The molecular weight excluding hydrogens is 352 g/mol. The summed E-state index contributed by atoms with van der Waals surface area (Å²) in [5.41, 5.74) is 3.32. The first-order valence-corrected chi connectivity index (χ1v) is 8.31. The minimum atomic E-state index is -0.255. The van der Waals surface area contributed by atoms with Crippen LogP contribution in [0.1, 0.15) is 23.0 Å². The Labute approximate surface area is 155 Å². The van der Waals surface area contributed by atoms with Gasteiger partial charge in [0.15, 0.2) is 0 Å². The summed E-state index contributed by atoms with van der Waals surface area (Å²) >= 11 is 5.91. The smallest absolute Gasteiger partial charge is 0.259 e. The Morgan fingerprint density at radius 1 is 0.962 bits per heavy atom. The predicted octanol–water partition coefficient (Wildman–Crippen LogP) is 4.04. The highest BCUT2D eigenvalue weighted by atomic mass is 35.5. The van der Waals surface area contributed by atoms with Crippen molar-refractivity contribution in [3.05, 3.63) is 71.0 Å². The number of carbonyl (C=O) groups excluding carboxylic acids is 2. The van der Waals surface area contributed by atoms with Gasteiger partial charge in [0.25, 0.3) is 5.91 Å². The van der Waals surface area contributed by atoms with Crippen LogP contribution in [0.5, 0.6) is 0 Å². The third kappa shape index (κ3) is 3.92. The molecule has 0 atom stereocenters. The van der Waals surface area contributed by atoms with Crippen LogP contribution < -0.4 is 10.6 Å². The number of anilines is 2. The van der Waals surface area contributed by atoms with E-state index in [1.54, 1.807) is 41.1 Å². The Kier molecular flexibility index (Phi) is 5.04. The molecule has 0 unspecified atom stereocenters. The summed E-state index contributed by atoms with van der Waals surface area (Å²) in [6.45, 7) is 3.27. The highest BCUT2D eigenvalue weighted by Crippen LogP contribution is 2.19. The fourth-order valence-corrected chi connectivity index (χ4v) is 2.64. The highest BCUT2D eigenvalue weighted by molar-refractivity contribution is 6.30. The van der Waals surface area contributed by atoms with Gasteiger partial charge in [-0.2, -0.15) is 5.10 Å². The van der Waals surface area contributed by atoms with E-state index >= 15 is 0 Å². The summed E-state index contributed by atoms with van der Waals surface area (Å²) in [6, 6.07) is 14.1. The van der Waals surface area contributed by atoms with E-state index in [9.17, 15) is 9.59 Å². The number of nitrogens with zero attached hydrogens (tertiary/aromatic N) is 2. The number of amides is 2. The van der Waals surface area contributed by atoms with Crippen molar-refractivity contribution < 1.29 is 9.59 Å². The summed E-state index contributed by atoms with van der Waals surface area (Å²) in [5, 5.41) is 10.4. The number of halogens is 1. The number of benzene rings is 2. The lowest BCUT2D eigenvalue weighted by Crippen LogP contribution is -2.13. The summed E-state index contributed by atoms with van der Waals surface area (Å²) in [6.07, 6.45) is 1.53. The normalized spacial score (nSPS) is 10.4. The minimum Gasteiger partial charge on any atom is -0.326 e. The van der Waals surface area contributed by atoms with E-state index < -0.39 is 0 Å². The molecule has 2 amide bonds. The Morgan fingerprint density at radius 2 is 1.54 bits per heavy atom. The van der Waals surface area contributed by atoms with E-state index in [2.05, 4.69) is 15.7 Å². The van der Waals surface area contributed by atoms with Gasteiger partial charge in [-0.25, -0.2) is 4.68 Å². The van der Waals surface area contributed by atoms with Crippen molar-refractivity contribution in [1.82, 2.24) is 9.78 Å². The maximum atomic E-state index is 12.5. The summed E-state index contributed by atoms with van der Waals surface area (Å²) in [4.78, 5) is 23.6. The van der Waals surface area contributed by atoms with E-state index in [0.29, 0.717) is 22.0 Å². The second-order valence-corrected chi connectivity index (χ2v) is 6.18. The monoisotopic (exact) mass is 368 g/mol. The van der Waals surface area contributed by atoms with Crippen molar-refractivity contribution in [1.29, 1.82) is 0 Å². The van der Waals surface area contributed by atoms with Crippen molar-refractivity contribution in [2.75, 3.05) is 10.6 Å². The van der Waals surface area contributed by atoms with Crippen LogP contribution >= 0.6 is 11.6 Å². The molecule has 0 saturated carbocycles. The lowest BCUT2D eigenvalue weighted by Gasteiger charge is -2.08. The molecule has 2 aromatic carbocycles. The van der Waals surface area contributed by atoms with Crippen LogP contribution in [-0.2, 0) is 4.79 Å². The zero-order chi connectivity index (χ0) is 18.7. The van der Waals surface area contributed by atoms with Crippen molar-refractivity contribution in [2.24, 2.45) is 0 Å². The van der Waals surface area contributed by atoms with Crippen LogP contribution in [0.15, 0.2) is 54.7 Å². The van der Waals surface area contributed by atoms with E-state index in [1.807, 2.05) is 19.1 Å². The number of aromatic nitrogens is 2. The Bertz CT molecular complexity index is 947. The van der Waals surface area contributed by atoms with E-state index in [-0.39, 0.29) is 11.8 Å². The van der Waals surface area contributed by atoms with Crippen LogP contribution in [0.3, 0.4) is 0 Å². The molecule has 0 aliphatic rings. The van der Waals surface area contributed by atoms with Gasteiger partial charge >= 0.3 is 0 Å². The second kappa shape index (κ2) is 7.41. The zero-order valence-corrected chi connectivity index (χ0v) is 15.0.